The van der Waals surface area contributed by atoms with Gasteiger partial charge >= 0.3 is 0 Å². The lowest BCUT2D eigenvalue weighted by molar-refractivity contribution is 0.0779. The molecule has 0 aliphatic carbocycles. The molecule has 100 valence electrons. The van der Waals surface area contributed by atoms with Gasteiger partial charge in [0.2, 0.25) is 0 Å². The molecular formula is C14H17N3O2. The van der Waals surface area contributed by atoms with Gasteiger partial charge in [-0.3, -0.25) is 9.89 Å². The molecule has 0 bridgehead atoms. The fourth-order valence-electron chi connectivity index (χ4n) is 1.80. The molecule has 2 aromatic rings. The number of benzene rings is 1. The highest BCUT2D eigenvalue weighted by Gasteiger charge is 2.14. The largest absolute Gasteiger partial charge is 0.497 e. The maximum atomic E-state index is 12.1. The molecule has 0 unspecified atom stereocenters. The number of carbonyl (C=O) groups excluding carboxylic acids is 1. The number of aryl methyl sites for hydroxylation is 1. The summed E-state index contributed by atoms with van der Waals surface area (Å²) in [6.45, 7) is 2.40. The Hall–Kier alpha value is -2.30. The molecule has 0 saturated heterocycles. The highest BCUT2D eigenvalue weighted by molar-refractivity contribution is 5.92. The Morgan fingerprint density at radius 3 is 2.58 bits per heavy atom. The van der Waals surface area contributed by atoms with Gasteiger partial charge in [0.1, 0.15) is 11.4 Å². The number of carbonyl (C=O) groups is 1. The van der Waals surface area contributed by atoms with Crippen LogP contribution in [-0.4, -0.2) is 35.2 Å². The number of hydrogen-bond donors (Lipinski definition) is 1. The molecule has 1 aromatic heterocycles. The van der Waals surface area contributed by atoms with E-state index < -0.39 is 0 Å². The lowest BCUT2D eigenvalue weighted by Crippen LogP contribution is -2.26. The summed E-state index contributed by atoms with van der Waals surface area (Å²) in [5.74, 6) is 0.709. The summed E-state index contributed by atoms with van der Waals surface area (Å²) < 4.78 is 5.10. The first-order valence-electron chi connectivity index (χ1n) is 6.00. The van der Waals surface area contributed by atoms with Crippen LogP contribution in [0.1, 0.15) is 21.7 Å². The van der Waals surface area contributed by atoms with Crippen LogP contribution in [0.15, 0.2) is 30.3 Å². The van der Waals surface area contributed by atoms with E-state index in [-0.39, 0.29) is 5.91 Å². The van der Waals surface area contributed by atoms with Crippen LogP contribution in [0.5, 0.6) is 5.75 Å². The van der Waals surface area contributed by atoms with Crippen LogP contribution in [0.2, 0.25) is 0 Å². The van der Waals surface area contributed by atoms with Gasteiger partial charge in [0.15, 0.2) is 0 Å². The number of hydrogen-bond acceptors (Lipinski definition) is 3. The van der Waals surface area contributed by atoms with Crippen molar-refractivity contribution >= 4 is 5.91 Å². The van der Waals surface area contributed by atoms with E-state index in [9.17, 15) is 4.79 Å². The Morgan fingerprint density at radius 2 is 2.05 bits per heavy atom. The number of ether oxygens (including phenoxy) is 1. The zero-order valence-corrected chi connectivity index (χ0v) is 11.3. The summed E-state index contributed by atoms with van der Waals surface area (Å²) in [5, 5.41) is 6.74. The van der Waals surface area contributed by atoms with Crippen molar-refractivity contribution in [2.24, 2.45) is 0 Å². The average Bonchev–Trinajstić information content (AvgIpc) is 2.85. The SMILES string of the molecule is COc1ccc(CN(C)C(=O)c2cc(C)[nH]n2)cc1. The van der Waals surface area contributed by atoms with Crippen LogP contribution in [0.3, 0.4) is 0 Å². The highest BCUT2D eigenvalue weighted by atomic mass is 16.5. The second-order valence-corrected chi connectivity index (χ2v) is 4.45. The number of rotatable bonds is 4. The minimum absolute atomic E-state index is 0.0971. The first-order chi connectivity index (χ1) is 9.10. The summed E-state index contributed by atoms with van der Waals surface area (Å²) >= 11 is 0. The van der Waals surface area contributed by atoms with E-state index >= 15 is 0 Å². The van der Waals surface area contributed by atoms with E-state index in [1.807, 2.05) is 31.2 Å². The maximum absolute atomic E-state index is 12.1. The number of H-pyrrole nitrogens is 1. The molecule has 0 saturated carbocycles. The van der Waals surface area contributed by atoms with Gasteiger partial charge in [-0.1, -0.05) is 12.1 Å². The third kappa shape index (κ3) is 3.13. The third-order valence-corrected chi connectivity index (χ3v) is 2.85. The lowest BCUT2D eigenvalue weighted by Gasteiger charge is -2.16. The molecule has 1 amide bonds. The van der Waals surface area contributed by atoms with Gasteiger partial charge in [-0.25, -0.2) is 0 Å². The molecule has 19 heavy (non-hydrogen) atoms. The van der Waals surface area contributed by atoms with Crippen LogP contribution in [-0.2, 0) is 6.54 Å². The predicted octanol–water partition coefficient (Wildman–Crippen LogP) is 2.00. The van der Waals surface area contributed by atoms with Gasteiger partial charge in [0.25, 0.3) is 5.91 Å². The minimum atomic E-state index is -0.0971. The summed E-state index contributed by atoms with van der Waals surface area (Å²) in [5.41, 5.74) is 2.36. The van der Waals surface area contributed by atoms with Crippen molar-refractivity contribution in [3.05, 3.63) is 47.3 Å². The van der Waals surface area contributed by atoms with Crippen molar-refractivity contribution in [2.75, 3.05) is 14.2 Å². The van der Waals surface area contributed by atoms with Gasteiger partial charge in [-0.15, -0.1) is 0 Å². The van der Waals surface area contributed by atoms with Gasteiger partial charge in [-0.05, 0) is 30.7 Å². The molecule has 0 spiro atoms. The zero-order valence-electron chi connectivity index (χ0n) is 11.3. The lowest BCUT2D eigenvalue weighted by atomic mass is 10.2. The summed E-state index contributed by atoms with van der Waals surface area (Å²) in [4.78, 5) is 13.7. The Balaban J connectivity index is 2.03. The van der Waals surface area contributed by atoms with Crippen LogP contribution in [0, 0.1) is 6.92 Å². The monoisotopic (exact) mass is 259 g/mol. The zero-order chi connectivity index (χ0) is 13.8. The summed E-state index contributed by atoms with van der Waals surface area (Å²) in [6, 6.07) is 9.39. The van der Waals surface area contributed by atoms with Crippen LogP contribution < -0.4 is 4.74 Å². The molecule has 5 nitrogen and oxygen atoms in total. The quantitative estimate of drug-likeness (QED) is 0.913. The van der Waals surface area contributed by atoms with E-state index in [1.165, 1.54) is 0 Å². The first-order valence-corrected chi connectivity index (χ1v) is 6.00. The second-order valence-electron chi connectivity index (χ2n) is 4.45. The molecular weight excluding hydrogens is 242 g/mol. The third-order valence-electron chi connectivity index (χ3n) is 2.85. The number of methoxy groups -OCH3 is 1. The Kier molecular flexibility index (Phi) is 3.85. The van der Waals surface area contributed by atoms with Crippen molar-refractivity contribution in [1.29, 1.82) is 0 Å². The molecule has 0 atom stereocenters. The van der Waals surface area contributed by atoms with E-state index in [0.29, 0.717) is 12.2 Å². The molecule has 1 heterocycles. The summed E-state index contributed by atoms with van der Waals surface area (Å²) in [7, 11) is 3.39. The summed E-state index contributed by atoms with van der Waals surface area (Å²) in [6.07, 6.45) is 0. The average molecular weight is 259 g/mol. The van der Waals surface area contributed by atoms with Crippen LogP contribution in [0.25, 0.3) is 0 Å². The van der Waals surface area contributed by atoms with Gasteiger partial charge in [0.05, 0.1) is 7.11 Å². The van der Waals surface area contributed by atoms with Crippen molar-refractivity contribution < 1.29 is 9.53 Å². The van der Waals surface area contributed by atoms with Crippen molar-refractivity contribution in [3.8, 4) is 5.75 Å². The van der Waals surface area contributed by atoms with Crippen molar-refractivity contribution in [2.45, 2.75) is 13.5 Å². The van der Waals surface area contributed by atoms with Gasteiger partial charge < -0.3 is 9.64 Å². The standard InChI is InChI=1S/C14H17N3O2/c1-10-8-13(16-15-10)14(18)17(2)9-11-4-6-12(19-3)7-5-11/h4-8H,9H2,1-3H3,(H,15,16). The minimum Gasteiger partial charge on any atom is -0.497 e. The van der Waals surface area contributed by atoms with Crippen molar-refractivity contribution in [1.82, 2.24) is 15.1 Å². The molecule has 0 aliphatic heterocycles. The van der Waals surface area contributed by atoms with Crippen molar-refractivity contribution in [3.63, 3.8) is 0 Å². The smallest absolute Gasteiger partial charge is 0.274 e. The molecule has 0 fully saturated rings. The Morgan fingerprint density at radius 1 is 1.37 bits per heavy atom. The molecule has 5 heteroatoms. The molecule has 1 N–H and O–H groups in total. The first kappa shape index (κ1) is 13.1. The van der Waals surface area contributed by atoms with Crippen LogP contribution in [0.4, 0.5) is 0 Å². The molecule has 0 radical (unpaired) electrons. The number of aromatic nitrogens is 2. The number of aromatic amines is 1. The maximum Gasteiger partial charge on any atom is 0.274 e. The highest BCUT2D eigenvalue weighted by Crippen LogP contribution is 2.13. The molecule has 2 rings (SSSR count). The Bertz CT molecular complexity index is 560. The van der Waals surface area contributed by atoms with E-state index in [4.69, 9.17) is 4.74 Å². The fourth-order valence-corrected chi connectivity index (χ4v) is 1.80. The number of nitrogens with zero attached hydrogens (tertiary/aromatic N) is 2. The number of nitrogens with one attached hydrogen (secondary N) is 1. The van der Waals surface area contributed by atoms with E-state index in [1.54, 1.807) is 25.1 Å². The predicted molar refractivity (Wildman–Crippen MR) is 72.1 cm³/mol. The fraction of sp³-hybridized carbons (Fsp3) is 0.286. The second kappa shape index (κ2) is 5.56. The van der Waals surface area contributed by atoms with E-state index in [0.717, 1.165) is 17.0 Å². The Labute approximate surface area is 112 Å². The molecule has 1 aromatic carbocycles. The van der Waals surface area contributed by atoms with E-state index in [2.05, 4.69) is 10.2 Å². The van der Waals surface area contributed by atoms with Gasteiger partial charge in [-0.2, -0.15) is 5.10 Å². The normalized spacial score (nSPS) is 10.3. The van der Waals surface area contributed by atoms with Gasteiger partial charge in [0, 0.05) is 19.3 Å². The number of amides is 1. The van der Waals surface area contributed by atoms with Crippen LogP contribution >= 0.6 is 0 Å². The molecule has 0 aliphatic rings. The topological polar surface area (TPSA) is 58.2 Å².